The maximum Gasteiger partial charge on any atom is 0.220 e. The van der Waals surface area contributed by atoms with Gasteiger partial charge in [0.05, 0.1) is 6.10 Å². The van der Waals surface area contributed by atoms with E-state index in [1.807, 2.05) is 13.8 Å². The zero-order chi connectivity index (χ0) is 14.8. The maximum absolute atomic E-state index is 11.7. The molecule has 4 heteroatoms. The number of hydrogen-bond donors (Lipinski definition) is 2. The van der Waals surface area contributed by atoms with Crippen molar-refractivity contribution in [3.8, 4) is 0 Å². The highest BCUT2D eigenvalue weighted by atomic mass is 16.5. The Morgan fingerprint density at radius 2 is 2.15 bits per heavy atom. The van der Waals surface area contributed by atoms with Crippen molar-refractivity contribution in [1.82, 2.24) is 5.32 Å². The Hall–Kier alpha value is -0.610. The molecule has 0 bridgehead atoms. The zero-order valence-corrected chi connectivity index (χ0v) is 13.2. The fourth-order valence-corrected chi connectivity index (χ4v) is 2.79. The van der Waals surface area contributed by atoms with Gasteiger partial charge >= 0.3 is 0 Å². The predicted molar refractivity (Wildman–Crippen MR) is 82.5 cm³/mol. The van der Waals surface area contributed by atoms with Crippen molar-refractivity contribution in [2.24, 2.45) is 11.7 Å². The van der Waals surface area contributed by atoms with Crippen LogP contribution in [0.1, 0.15) is 65.2 Å². The molecule has 0 aromatic heterocycles. The van der Waals surface area contributed by atoms with Gasteiger partial charge in [0.1, 0.15) is 0 Å². The van der Waals surface area contributed by atoms with E-state index >= 15 is 0 Å². The van der Waals surface area contributed by atoms with Crippen LogP contribution in [-0.2, 0) is 9.53 Å². The molecule has 0 aromatic carbocycles. The molecule has 0 aromatic rings. The summed E-state index contributed by atoms with van der Waals surface area (Å²) in [5.41, 5.74) is 5.97. The lowest BCUT2D eigenvalue weighted by molar-refractivity contribution is -0.121. The van der Waals surface area contributed by atoms with Gasteiger partial charge in [0.2, 0.25) is 5.91 Å². The number of amides is 1. The predicted octanol–water partition coefficient (Wildman–Crippen LogP) is 2.61. The summed E-state index contributed by atoms with van der Waals surface area (Å²) in [6, 6.07) is 0.359. The van der Waals surface area contributed by atoms with Crippen LogP contribution in [-0.4, -0.2) is 31.2 Å². The van der Waals surface area contributed by atoms with Crippen LogP contribution in [0.3, 0.4) is 0 Å². The number of nitrogens with two attached hydrogens (primary N) is 1. The highest BCUT2D eigenvalue weighted by Crippen LogP contribution is 2.26. The monoisotopic (exact) mass is 284 g/mol. The Balaban J connectivity index is 1.95. The van der Waals surface area contributed by atoms with E-state index in [4.69, 9.17) is 10.5 Å². The lowest BCUT2D eigenvalue weighted by Gasteiger charge is -2.26. The molecule has 1 aliphatic carbocycles. The van der Waals surface area contributed by atoms with Crippen LogP contribution in [0.15, 0.2) is 0 Å². The van der Waals surface area contributed by atoms with Gasteiger partial charge in [0, 0.05) is 25.6 Å². The van der Waals surface area contributed by atoms with Gasteiger partial charge in [0.25, 0.3) is 0 Å². The summed E-state index contributed by atoms with van der Waals surface area (Å²) in [5.74, 6) is 0.845. The van der Waals surface area contributed by atoms with E-state index in [9.17, 15) is 4.79 Å². The Bertz CT molecular complexity index is 269. The van der Waals surface area contributed by atoms with E-state index in [1.54, 1.807) is 0 Å². The molecule has 1 rings (SSSR count). The number of ether oxygens (including phenoxy) is 1. The molecule has 0 radical (unpaired) electrons. The Kier molecular flexibility index (Phi) is 8.86. The minimum Gasteiger partial charge on any atom is -0.379 e. The zero-order valence-electron chi connectivity index (χ0n) is 13.2. The van der Waals surface area contributed by atoms with Crippen LogP contribution in [0.25, 0.3) is 0 Å². The second-order valence-corrected chi connectivity index (χ2v) is 6.31. The second kappa shape index (κ2) is 10.2. The third kappa shape index (κ3) is 8.54. The average Bonchev–Trinajstić information content (AvgIpc) is 2.40. The second-order valence-electron chi connectivity index (χ2n) is 6.31. The van der Waals surface area contributed by atoms with Gasteiger partial charge in [-0.25, -0.2) is 0 Å². The van der Waals surface area contributed by atoms with Crippen LogP contribution >= 0.6 is 0 Å². The molecular formula is C16H32N2O2. The summed E-state index contributed by atoms with van der Waals surface area (Å²) in [6.07, 6.45) is 8.67. The van der Waals surface area contributed by atoms with Crippen molar-refractivity contribution < 1.29 is 9.53 Å². The summed E-state index contributed by atoms with van der Waals surface area (Å²) in [5, 5.41) is 3.00. The maximum atomic E-state index is 11.7. The molecule has 20 heavy (non-hydrogen) atoms. The summed E-state index contributed by atoms with van der Waals surface area (Å²) in [6.45, 7) is 5.63. The third-order valence-corrected chi connectivity index (χ3v) is 3.95. The molecule has 2 unspecified atom stereocenters. The number of hydrogen-bond acceptors (Lipinski definition) is 3. The molecule has 4 nitrogen and oxygen atoms in total. The van der Waals surface area contributed by atoms with Crippen molar-refractivity contribution >= 4 is 5.91 Å². The van der Waals surface area contributed by atoms with Gasteiger partial charge in [-0.15, -0.1) is 0 Å². The van der Waals surface area contributed by atoms with Gasteiger partial charge in [0.15, 0.2) is 0 Å². The highest BCUT2D eigenvalue weighted by molar-refractivity contribution is 5.75. The number of nitrogens with one attached hydrogen (secondary N) is 1. The number of unbranched alkanes of at least 4 members (excludes halogenated alkanes) is 1. The van der Waals surface area contributed by atoms with Gasteiger partial charge in [-0.05, 0) is 51.9 Å². The molecule has 2 atom stereocenters. The van der Waals surface area contributed by atoms with Gasteiger partial charge in [-0.1, -0.05) is 12.8 Å². The van der Waals surface area contributed by atoms with E-state index in [0.29, 0.717) is 24.5 Å². The van der Waals surface area contributed by atoms with Crippen LogP contribution in [0.5, 0.6) is 0 Å². The Morgan fingerprint density at radius 1 is 1.35 bits per heavy atom. The molecule has 1 amide bonds. The fraction of sp³-hybridized carbons (Fsp3) is 0.938. The van der Waals surface area contributed by atoms with Crippen LogP contribution in [0.2, 0.25) is 0 Å². The average molecular weight is 284 g/mol. The molecule has 1 fully saturated rings. The van der Waals surface area contributed by atoms with Crippen molar-refractivity contribution in [3.63, 3.8) is 0 Å². The quantitative estimate of drug-likeness (QED) is 0.640. The van der Waals surface area contributed by atoms with Crippen molar-refractivity contribution in [1.29, 1.82) is 0 Å². The lowest BCUT2D eigenvalue weighted by Crippen LogP contribution is -2.29. The molecule has 0 spiro atoms. The minimum absolute atomic E-state index is 0.189. The largest absolute Gasteiger partial charge is 0.379 e. The SMILES string of the molecule is CC(C)OCCCCNC(=O)CCC1CCCC(N)C1. The summed E-state index contributed by atoms with van der Waals surface area (Å²) < 4.78 is 5.46. The molecule has 0 aliphatic heterocycles. The van der Waals surface area contributed by atoms with Crippen molar-refractivity contribution in [2.45, 2.75) is 77.4 Å². The first-order chi connectivity index (χ1) is 9.58. The van der Waals surface area contributed by atoms with E-state index < -0.39 is 0 Å². The molecule has 1 saturated carbocycles. The number of carbonyl (C=O) groups is 1. The summed E-state index contributed by atoms with van der Waals surface area (Å²) in [4.78, 5) is 11.7. The van der Waals surface area contributed by atoms with Gasteiger partial charge in [-0.2, -0.15) is 0 Å². The summed E-state index contributed by atoms with van der Waals surface area (Å²) in [7, 11) is 0. The number of carbonyl (C=O) groups excluding carboxylic acids is 1. The Morgan fingerprint density at radius 3 is 2.85 bits per heavy atom. The van der Waals surface area contributed by atoms with Crippen molar-refractivity contribution in [2.75, 3.05) is 13.2 Å². The first-order valence-electron chi connectivity index (χ1n) is 8.21. The third-order valence-electron chi connectivity index (χ3n) is 3.95. The normalized spacial score (nSPS) is 23.0. The fourth-order valence-electron chi connectivity index (χ4n) is 2.79. The molecular weight excluding hydrogens is 252 g/mol. The van der Waals surface area contributed by atoms with E-state index in [0.717, 1.165) is 45.3 Å². The van der Waals surface area contributed by atoms with E-state index in [-0.39, 0.29) is 5.91 Å². The van der Waals surface area contributed by atoms with Crippen LogP contribution in [0.4, 0.5) is 0 Å². The van der Waals surface area contributed by atoms with E-state index in [2.05, 4.69) is 5.32 Å². The Labute approximate surface area is 123 Å². The van der Waals surface area contributed by atoms with Crippen molar-refractivity contribution in [3.05, 3.63) is 0 Å². The molecule has 3 N–H and O–H groups in total. The smallest absolute Gasteiger partial charge is 0.220 e. The van der Waals surface area contributed by atoms with E-state index in [1.165, 1.54) is 12.8 Å². The standard InChI is InChI=1S/C16H32N2O2/c1-13(2)20-11-4-3-10-18-16(19)9-8-14-6-5-7-15(17)12-14/h13-15H,3-12,17H2,1-2H3,(H,18,19). The van der Waals surface area contributed by atoms with Crippen LogP contribution < -0.4 is 11.1 Å². The summed E-state index contributed by atoms with van der Waals surface area (Å²) >= 11 is 0. The van der Waals surface area contributed by atoms with Gasteiger partial charge in [-0.3, -0.25) is 4.79 Å². The highest BCUT2D eigenvalue weighted by Gasteiger charge is 2.19. The molecule has 118 valence electrons. The molecule has 1 aliphatic rings. The lowest BCUT2D eigenvalue weighted by atomic mass is 9.83. The minimum atomic E-state index is 0.189. The molecule has 0 heterocycles. The first kappa shape index (κ1) is 17.4. The van der Waals surface area contributed by atoms with Crippen LogP contribution in [0, 0.1) is 5.92 Å². The topological polar surface area (TPSA) is 64.3 Å². The molecule has 0 saturated heterocycles. The first-order valence-corrected chi connectivity index (χ1v) is 8.21. The number of rotatable bonds is 9. The van der Waals surface area contributed by atoms with Gasteiger partial charge < -0.3 is 15.8 Å².